The molecule has 0 spiro atoms. The number of halogens is 2. The number of alkyl halides is 1. The Labute approximate surface area is 119 Å². The first-order valence-electron chi connectivity index (χ1n) is 5.74. The quantitative estimate of drug-likeness (QED) is 0.695. The van der Waals surface area contributed by atoms with Crippen LogP contribution in [0.25, 0.3) is 11.0 Å². The molecule has 98 valence electrons. The maximum Gasteiger partial charge on any atom is 0.213 e. The van der Waals surface area contributed by atoms with Gasteiger partial charge < -0.3 is 9.09 Å². The summed E-state index contributed by atoms with van der Waals surface area (Å²) < 4.78 is 6.76. The lowest BCUT2D eigenvalue weighted by Gasteiger charge is -2.05. The summed E-state index contributed by atoms with van der Waals surface area (Å²) in [5.74, 6) is 1.98. The number of aryl methyl sites for hydroxylation is 1. The highest BCUT2D eigenvalue weighted by atomic mass is 35.5. The van der Waals surface area contributed by atoms with Crippen molar-refractivity contribution in [3.63, 3.8) is 0 Å². The van der Waals surface area contributed by atoms with Crippen LogP contribution >= 0.6 is 23.2 Å². The first-order chi connectivity index (χ1) is 9.28. The third-order valence-corrected chi connectivity index (χ3v) is 3.24. The van der Waals surface area contributed by atoms with E-state index < -0.39 is 0 Å². The van der Waals surface area contributed by atoms with Crippen LogP contribution < -0.4 is 0 Å². The Morgan fingerprint density at radius 3 is 2.95 bits per heavy atom. The van der Waals surface area contributed by atoms with E-state index in [4.69, 9.17) is 27.7 Å². The van der Waals surface area contributed by atoms with Crippen LogP contribution in [0.3, 0.4) is 0 Å². The molecule has 5 nitrogen and oxygen atoms in total. The minimum Gasteiger partial charge on any atom is -0.343 e. The molecular weight excluding hydrogens is 287 g/mol. The highest BCUT2D eigenvalue weighted by molar-refractivity contribution is 6.31. The number of fused-ring (bicyclic) bond motifs is 1. The molecule has 0 unspecified atom stereocenters. The van der Waals surface area contributed by atoms with E-state index in [-0.39, 0.29) is 0 Å². The van der Waals surface area contributed by atoms with Crippen molar-refractivity contribution in [3.8, 4) is 0 Å². The molecule has 0 N–H and O–H groups in total. The van der Waals surface area contributed by atoms with Crippen molar-refractivity contribution in [3.05, 3.63) is 41.3 Å². The van der Waals surface area contributed by atoms with Crippen molar-refractivity contribution < 1.29 is 4.52 Å². The molecule has 0 aliphatic carbocycles. The van der Waals surface area contributed by atoms with Crippen LogP contribution in [0.4, 0.5) is 0 Å². The predicted octanol–water partition coefficient (Wildman–Crippen LogP) is 2.90. The molecule has 2 aromatic heterocycles. The molecule has 3 aromatic rings. The molecule has 7 heteroatoms. The first kappa shape index (κ1) is 12.4. The van der Waals surface area contributed by atoms with Gasteiger partial charge in [0.05, 0.1) is 17.6 Å². The third kappa shape index (κ3) is 2.43. The normalized spacial score (nSPS) is 11.3. The largest absolute Gasteiger partial charge is 0.343 e. The molecule has 2 heterocycles. The van der Waals surface area contributed by atoms with Crippen LogP contribution in [-0.4, -0.2) is 25.6 Å². The molecule has 3 rings (SSSR count). The predicted molar refractivity (Wildman–Crippen MR) is 72.6 cm³/mol. The fraction of sp³-hybridized carbons (Fsp3) is 0.250. The van der Waals surface area contributed by atoms with Gasteiger partial charge in [-0.05, 0) is 18.2 Å². The van der Waals surface area contributed by atoms with Gasteiger partial charge in [-0.1, -0.05) is 16.8 Å². The number of benzene rings is 1. The molecular formula is C12H10Cl2N4O. The van der Waals surface area contributed by atoms with E-state index in [1.165, 1.54) is 6.39 Å². The zero-order valence-electron chi connectivity index (χ0n) is 9.88. The summed E-state index contributed by atoms with van der Waals surface area (Å²) in [6.07, 6.45) is 1.98. The molecule has 1 aromatic carbocycles. The van der Waals surface area contributed by atoms with Crippen molar-refractivity contribution in [1.82, 2.24) is 19.7 Å². The monoisotopic (exact) mass is 296 g/mol. The fourth-order valence-corrected chi connectivity index (χ4v) is 2.34. The second-order valence-corrected chi connectivity index (χ2v) is 4.85. The second kappa shape index (κ2) is 5.19. The summed E-state index contributed by atoms with van der Waals surface area (Å²) in [5, 5.41) is 4.49. The van der Waals surface area contributed by atoms with Gasteiger partial charge in [0.25, 0.3) is 0 Å². The smallest absolute Gasteiger partial charge is 0.213 e. The lowest BCUT2D eigenvalue weighted by atomic mass is 10.3. The van der Waals surface area contributed by atoms with Crippen LogP contribution in [0.5, 0.6) is 0 Å². The number of nitrogens with zero attached hydrogens (tertiary/aromatic N) is 4. The van der Waals surface area contributed by atoms with E-state index in [2.05, 4.69) is 15.1 Å². The van der Waals surface area contributed by atoms with Crippen molar-refractivity contribution in [2.45, 2.75) is 13.0 Å². The minimum atomic E-state index is 0.486. The summed E-state index contributed by atoms with van der Waals surface area (Å²) in [6, 6.07) is 5.59. The van der Waals surface area contributed by atoms with E-state index in [9.17, 15) is 0 Å². The Morgan fingerprint density at radius 2 is 2.21 bits per heavy atom. The molecule has 0 aliphatic rings. The Bertz CT molecular complexity index is 693. The molecule has 0 amide bonds. The molecule has 19 heavy (non-hydrogen) atoms. The van der Waals surface area contributed by atoms with Gasteiger partial charge in [0, 0.05) is 17.3 Å². The van der Waals surface area contributed by atoms with E-state index >= 15 is 0 Å². The van der Waals surface area contributed by atoms with Crippen molar-refractivity contribution >= 4 is 34.2 Å². The van der Waals surface area contributed by atoms with Crippen LogP contribution in [-0.2, 0) is 13.0 Å². The van der Waals surface area contributed by atoms with E-state index in [1.807, 2.05) is 22.8 Å². The van der Waals surface area contributed by atoms with Crippen LogP contribution in [0.15, 0.2) is 29.1 Å². The molecule has 0 bridgehead atoms. The summed E-state index contributed by atoms with van der Waals surface area (Å²) >= 11 is 11.9. The van der Waals surface area contributed by atoms with Gasteiger partial charge in [0.1, 0.15) is 5.82 Å². The average molecular weight is 297 g/mol. The number of imidazole rings is 1. The van der Waals surface area contributed by atoms with Crippen LogP contribution in [0.1, 0.15) is 11.6 Å². The number of rotatable bonds is 4. The Hall–Kier alpha value is -1.59. The van der Waals surface area contributed by atoms with Gasteiger partial charge in [-0.3, -0.25) is 0 Å². The maximum atomic E-state index is 6.04. The lowest BCUT2D eigenvalue weighted by Crippen LogP contribution is -2.07. The minimum absolute atomic E-state index is 0.486. The van der Waals surface area contributed by atoms with Gasteiger partial charge in [-0.25, -0.2) is 4.98 Å². The Morgan fingerprint density at radius 1 is 1.32 bits per heavy atom. The highest BCUT2D eigenvalue weighted by Gasteiger charge is 2.12. The van der Waals surface area contributed by atoms with Gasteiger partial charge >= 0.3 is 0 Å². The van der Waals surface area contributed by atoms with Gasteiger partial charge in [0.2, 0.25) is 6.39 Å². The third-order valence-electron chi connectivity index (χ3n) is 2.81. The topological polar surface area (TPSA) is 56.7 Å². The highest BCUT2D eigenvalue weighted by Crippen LogP contribution is 2.22. The van der Waals surface area contributed by atoms with Gasteiger partial charge in [0.15, 0.2) is 5.82 Å². The van der Waals surface area contributed by atoms with Crippen molar-refractivity contribution in [2.24, 2.45) is 0 Å². The number of hydrogen-bond acceptors (Lipinski definition) is 4. The van der Waals surface area contributed by atoms with Crippen molar-refractivity contribution in [2.75, 3.05) is 5.88 Å². The first-order valence-corrected chi connectivity index (χ1v) is 6.65. The van der Waals surface area contributed by atoms with E-state index in [0.717, 1.165) is 16.9 Å². The van der Waals surface area contributed by atoms with Crippen LogP contribution in [0, 0.1) is 0 Å². The maximum absolute atomic E-state index is 6.04. The Kier molecular flexibility index (Phi) is 3.40. The average Bonchev–Trinajstić information content (AvgIpc) is 3.00. The number of hydrogen-bond donors (Lipinski definition) is 0. The van der Waals surface area contributed by atoms with Gasteiger partial charge in [-0.2, -0.15) is 4.98 Å². The zero-order valence-corrected chi connectivity index (χ0v) is 11.4. The molecule has 0 saturated heterocycles. The molecule has 0 fully saturated rings. The van der Waals surface area contributed by atoms with E-state index in [0.29, 0.717) is 29.7 Å². The van der Waals surface area contributed by atoms with Crippen molar-refractivity contribution in [1.29, 1.82) is 0 Å². The molecule has 0 atom stereocenters. The number of aromatic nitrogens is 4. The summed E-state index contributed by atoms with van der Waals surface area (Å²) in [7, 11) is 0. The summed E-state index contributed by atoms with van der Waals surface area (Å²) in [4.78, 5) is 8.59. The Balaban J connectivity index is 2.12. The lowest BCUT2D eigenvalue weighted by molar-refractivity contribution is 0.408. The summed E-state index contributed by atoms with van der Waals surface area (Å²) in [5.41, 5.74) is 1.82. The van der Waals surface area contributed by atoms with E-state index in [1.54, 1.807) is 0 Å². The molecule has 0 saturated carbocycles. The molecule has 0 aliphatic heterocycles. The van der Waals surface area contributed by atoms with Crippen LogP contribution in [0.2, 0.25) is 5.02 Å². The SMILES string of the molecule is ClCCc1nc2ccc(Cl)cc2n1Cc1ncon1. The standard InChI is InChI=1S/C12H10Cl2N4O/c13-4-3-12-16-9-2-1-8(14)5-10(9)18(12)6-11-15-7-19-17-11/h1-2,5,7H,3-4,6H2. The fourth-order valence-electron chi connectivity index (χ4n) is 2.00. The summed E-state index contributed by atoms with van der Waals surface area (Å²) in [6.45, 7) is 0.486. The second-order valence-electron chi connectivity index (χ2n) is 4.03. The van der Waals surface area contributed by atoms with Gasteiger partial charge in [-0.15, -0.1) is 11.6 Å². The zero-order chi connectivity index (χ0) is 13.2. The molecule has 0 radical (unpaired) electrons.